The molecule has 0 bridgehead atoms. The first-order chi connectivity index (χ1) is 14.4. The lowest BCUT2D eigenvalue weighted by atomic mass is 10.1. The van der Waals surface area contributed by atoms with Crippen LogP contribution in [0, 0.1) is 13.8 Å². The van der Waals surface area contributed by atoms with Crippen molar-refractivity contribution in [2.45, 2.75) is 20.3 Å². The Labute approximate surface area is 181 Å². The standard InChI is InChI=1S/C24H23ClN2O3/c1-16-11-21(12-17(2)24(16)25)30-15-23(29)27-20-10-6-9-19(14-20)26-22(28)13-18-7-4-3-5-8-18/h3-12,14H,13,15H2,1-2H3,(H,26,28)(H,27,29). The molecule has 3 aromatic rings. The monoisotopic (exact) mass is 422 g/mol. The smallest absolute Gasteiger partial charge is 0.262 e. The Bertz CT molecular complexity index is 1030. The number of benzene rings is 3. The highest BCUT2D eigenvalue weighted by atomic mass is 35.5. The van der Waals surface area contributed by atoms with Gasteiger partial charge in [0.1, 0.15) is 5.75 Å². The molecule has 2 N–H and O–H groups in total. The van der Waals surface area contributed by atoms with Gasteiger partial charge < -0.3 is 15.4 Å². The largest absolute Gasteiger partial charge is 0.484 e. The fourth-order valence-electron chi connectivity index (χ4n) is 3.00. The van der Waals surface area contributed by atoms with Gasteiger partial charge in [-0.05, 0) is 60.9 Å². The summed E-state index contributed by atoms with van der Waals surface area (Å²) in [4.78, 5) is 24.5. The number of carbonyl (C=O) groups excluding carboxylic acids is 2. The molecule has 3 aromatic carbocycles. The van der Waals surface area contributed by atoms with Gasteiger partial charge in [-0.25, -0.2) is 0 Å². The minimum Gasteiger partial charge on any atom is -0.484 e. The minimum atomic E-state index is -0.298. The molecule has 2 amide bonds. The fourth-order valence-corrected chi connectivity index (χ4v) is 3.11. The number of amides is 2. The number of aryl methyl sites for hydroxylation is 2. The maximum absolute atomic E-state index is 12.2. The SMILES string of the molecule is Cc1cc(OCC(=O)Nc2cccc(NC(=O)Cc3ccccc3)c2)cc(C)c1Cl. The molecule has 0 fully saturated rings. The van der Waals surface area contributed by atoms with E-state index in [4.69, 9.17) is 16.3 Å². The van der Waals surface area contributed by atoms with Crippen molar-refractivity contribution in [2.75, 3.05) is 17.2 Å². The van der Waals surface area contributed by atoms with Gasteiger partial charge >= 0.3 is 0 Å². The Balaban J connectivity index is 1.54. The summed E-state index contributed by atoms with van der Waals surface area (Å²) in [5.74, 6) is 0.168. The van der Waals surface area contributed by atoms with Crippen LogP contribution in [0.5, 0.6) is 5.75 Å². The number of carbonyl (C=O) groups is 2. The highest BCUT2D eigenvalue weighted by Gasteiger charge is 2.09. The zero-order valence-corrected chi connectivity index (χ0v) is 17.6. The summed E-state index contributed by atoms with van der Waals surface area (Å²) >= 11 is 6.15. The molecule has 6 heteroatoms. The van der Waals surface area contributed by atoms with Gasteiger partial charge in [0, 0.05) is 16.4 Å². The zero-order valence-electron chi connectivity index (χ0n) is 16.9. The van der Waals surface area contributed by atoms with Crippen molar-refractivity contribution in [1.29, 1.82) is 0 Å². The van der Waals surface area contributed by atoms with E-state index in [9.17, 15) is 9.59 Å². The molecular formula is C24H23ClN2O3. The molecule has 0 aromatic heterocycles. The molecule has 0 atom stereocenters. The third-order valence-corrected chi connectivity index (χ3v) is 5.01. The van der Waals surface area contributed by atoms with Crippen LogP contribution in [0.25, 0.3) is 0 Å². The van der Waals surface area contributed by atoms with E-state index in [0.29, 0.717) is 22.1 Å². The van der Waals surface area contributed by atoms with Gasteiger partial charge in [-0.3, -0.25) is 9.59 Å². The van der Waals surface area contributed by atoms with Gasteiger partial charge in [0.15, 0.2) is 6.61 Å². The van der Waals surface area contributed by atoms with Gasteiger partial charge in [-0.2, -0.15) is 0 Å². The van der Waals surface area contributed by atoms with E-state index < -0.39 is 0 Å². The summed E-state index contributed by atoms with van der Waals surface area (Å²) in [5.41, 5.74) is 3.91. The van der Waals surface area contributed by atoms with Crippen LogP contribution in [-0.2, 0) is 16.0 Å². The normalized spacial score (nSPS) is 10.4. The molecule has 0 heterocycles. The third-order valence-electron chi connectivity index (χ3n) is 4.42. The van der Waals surface area contributed by atoms with E-state index in [2.05, 4.69) is 10.6 Å². The molecule has 3 rings (SSSR count). The van der Waals surface area contributed by atoms with Gasteiger partial charge in [0.25, 0.3) is 5.91 Å². The number of nitrogens with one attached hydrogen (secondary N) is 2. The fraction of sp³-hybridized carbons (Fsp3) is 0.167. The number of hydrogen-bond donors (Lipinski definition) is 2. The van der Waals surface area contributed by atoms with Crippen LogP contribution in [0.1, 0.15) is 16.7 Å². The first kappa shape index (κ1) is 21.4. The van der Waals surface area contributed by atoms with Crippen LogP contribution in [-0.4, -0.2) is 18.4 Å². The summed E-state index contributed by atoms with van der Waals surface area (Å²) < 4.78 is 5.58. The van der Waals surface area contributed by atoms with Crippen LogP contribution in [0.15, 0.2) is 66.7 Å². The summed E-state index contributed by atoms with van der Waals surface area (Å²) in [6.45, 7) is 3.64. The summed E-state index contributed by atoms with van der Waals surface area (Å²) in [6.07, 6.45) is 0.283. The lowest BCUT2D eigenvalue weighted by molar-refractivity contribution is -0.118. The molecule has 154 valence electrons. The molecule has 0 saturated carbocycles. The highest BCUT2D eigenvalue weighted by Crippen LogP contribution is 2.25. The van der Waals surface area contributed by atoms with Crippen LogP contribution in [0.3, 0.4) is 0 Å². The predicted molar refractivity (Wildman–Crippen MR) is 120 cm³/mol. The molecule has 0 radical (unpaired) electrons. The van der Waals surface area contributed by atoms with E-state index >= 15 is 0 Å². The summed E-state index contributed by atoms with van der Waals surface area (Å²) in [5, 5.41) is 6.31. The molecule has 0 aliphatic rings. The Morgan fingerprint density at radius 1 is 0.833 bits per heavy atom. The number of hydrogen-bond acceptors (Lipinski definition) is 3. The summed E-state index contributed by atoms with van der Waals surface area (Å²) in [6, 6.07) is 20.1. The third kappa shape index (κ3) is 6.09. The molecular weight excluding hydrogens is 400 g/mol. The molecule has 0 aliphatic heterocycles. The van der Waals surface area contributed by atoms with Crippen molar-refractivity contribution < 1.29 is 14.3 Å². The van der Waals surface area contributed by atoms with Gasteiger partial charge in [0.2, 0.25) is 5.91 Å². The Morgan fingerprint density at radius 3 is 2.07 bits per heavy atom. The Kier molecular flexibility index (Phi) is 7.09. The van der Waals surface area contributed by atoms with Crippen LogP contribution >= 0.6 is 11.6 Å². The molecule has 0 unspecified atom stereocenters. The lowest BCUT2D eigenvalue weighted by Gasteiger charge is -2.11. The number of ether oxygens (including phenoxy) is 1. The highest BCUT2D eigenvalue weighted by molar-refractivity contribution is 6.32. The van der Waals surface area contributed by atoms with Crippen LogP contribution in [0.2, 0.25) is 5.02 Å². The van der Waals surface area contributed by atoms with Crippen molar-refractivity contribution in [1.82, 2.24) is 0 Å². The Hall–Kier alpha value is -3.31. The average Bonchev–Trinajstić information content (AvgIpc) is 2.71. The van der Waals surface area contributed by atoms with Crippen molar-refractivity contribution in [3.63, 3.8) is 0 Å². The van der Waals surface area contributed by atoms with E-state index in [1.807, 2.05) is 44.2 Å². The first-order valence-corrected chi connectivity index (χ1v) is 9.92. The van der Waals surface area contributed by atoms with Crippen molar-refractivity contribution >= 4 is 34.8 Å². The average molecular weight is 423 g/mol. The van der Waals surface area contributed by atoms with Crippen molar-refractivity contribution in [3.8, 4) is 5.75 Å². The molecule has 0 saturated heterocycles. The first-order valence-electron chi connectivity index (χ1n) is 9.54. The van der Waals surface area contributed by atoms with E-state index in [1.54, 1.807) is 36.4 Å². The van der Waals surface area contributed by atoms with Crippen molar-refractivity contribution in [3.05, 3.63) is 88.4 Å². The Morgan fingerprint density at radius 2 is 1.43 bits per heavy atom. The predicted octanol–water partition coefficient (Wildman–Crippen LogP) is 5.16. The quantitative estimate of drug-likeness (QED) is 0.553. The molecule has 5 nitrogen and oxygen atoms in total. The van der Waals surface area contributed by atoms with E-state index in [1.165, 1.54) is 0 Å². The van der Waals surface area contributed by atoms with Gasteiger partial charge in [-0.15, -0.1) is 0 Å². The summed E-state index contributed by atoms with van der Waals surface area (Å²) in [7, 11) is 0. The maximum atomic E-state index is 12.2. The second-order valence-corrected chi connectivity index (χ2v) is 7.38. The van der Waals surface area contributed by atoms with E-state index in [-0.39, 0.29) is 24.8 Å². The van der Waals surface area contributed by atoms with Crippen LogP contribution in [0.4, 0.5) is 11.4 Å². The second kappa shape index (κ2) is 9.94. The molecule has 0 aliphatic carbocycles. The number of rotatable bonds is 7. The van der Waals surface area contributed by atoms with Gasteiger partial charge in [-0.1, -0.05) is 48.0 Å². The molecule has 0 spiro atoms. The van der Waals surface area contributed by atoms with E-state index in [0.717, 1.165) is 16.7 Å². The van der Waals surface area contributed by atoms with Gasteiger partial charge in [0.05, 0.1) is 6.42 Å². The van der Waals surface area contributed by atoms with Crippen molar-refractivity contribution in [2.24, 2.45) is 0 Å². The number of anilines is 2. The molecule has 30 heavy (non-hydrogen) atoms. The minimum absolute atomic E-state index is 0.124. The maximum Gasteiger partial charge on any atom is 0.262 e. The lowest BCUT2D eigenvalue weighted by Crippen LogP contribution is -2.20. The topological polar surface area (TPSA) is 67.4 Å². The zero-order chi connectivity index (χ0) is 21.5. The van der Waals surface area contributed by atoms with Crippen LogP contribution < -0.4 is 15.4 Å². The second-order valence-electron chi connectivity index (χ2n) is 7.00. The number of halogens is 1.